The molecule has 0 amide bonds. The number of ether oxygens (including phenoxy) is 1. The minimum absolute atomic E-state index is 0.0807. The zero-order chi connectivity index (χ0) is 15.7. The van der Waals surface area contributed by atoms with E-state index in [4.69, 9.17) is 4.74 Å². The highest BCUT2D eigenvalue weighted by atomic mass is 32.2. The van der Waals surface area contributed by atoms with Gasteiger partial charge in [0, 0.05) is 6.54 Å². The summed E-state index contributed by atoms with van der Waals surface area (Å²) >= 11 is 1.65. The Bertz CT molecular complexity index is 424. The molecule has 21 heavy (non-hydrogen) atoms. The van der Waals surface area contributed by atoms with Crippen LogP contribution in [0.15, 0.2) is 18.2 Å². The molecule has 0 aromatic heterocycles. The Balaban J connectivity index is 2.77. The van der Waals surface area contributed by atoms with Gasteiger partial charge in [0.05, 0.1) is 12.2 Å². The first kappa shape index (κ1) is 18.2. The summed E-state index contributed by atoms with van der Waals surface area (Å²) in [6, 6.07) is 4.28. The molecule has 6 heteroatoms. The van der Waals surface area contributed by atoms with Gasteiger partial charge >= 0.3 is 6.18 Å². The summed E-state index contributed by atoms with van der Waals surface area (Å²) < 4.78 is 44.6. The summed E-state index contributed by atoms with van der Waals surface area (Å²) in [7, 11) is 0. The predicted octanol–water partition coefficient (Wildman–Crippen LogP) is 4.34. The molecule has 0 heterocycles. The molecule has 2 nitrogen and oxygen atoms in total. The van der Waals surface area contributed by atoms with Gasteiger partial charge in [0.25, 0.3) is 0 Å². The summed E-state index contributed by atoms with van der Waals surface area (Å²) in [6.07, 6.45) is -0.754. The molecule has 0 unspecified atom stereocenters. The van der Waals surface area contributed by atoms with Gasteiger partial charge in [-0.25, -0.2) is 0 Å². The fourth-order valence-corrected chi connectivity index (χ4v) is 2.24. The fourth-order valence-electron chi connectivity index (χ4n) is 1.83. The monoisotopic (exact) mass is 321 g/mol. The molecular weight excluding hydrogens is 299 g/mol. The largest absolute Gasteiger partial charge is 0.493 e. The molecule has 1 aromatic rings. The third kappa shape index (κ3) is 6.61. The lowest BCUT2D eigenvalue weighted by Crippen LogP contribution is -2.15. The van der Waals surface area contributed by atoms with Gasteiger partial charge in [0.15, 0.2) is 0 Å². The van der Waals surface area contributed by atoms with E-state index in [1.165, 1.54) is 12.1 Å². The van der Waals surface area contributed by atoms with Crippen LogP contribution < -0.4 is 10.1 Å². The molecule has 0 aliphatic heterocycles. The highest BCUT2D eigenvalue weighted by Crippen LogP contribution is 2.36. The van der Waals surface area contributed by atoms with Crippen LogP contribution in [0.5, 0.6) is 5.75 Å². The van der Waals surface area contributed by atoms with E-state index < -0.39 is 11.7 Å². The van der Waals surface area contributed by atoms with Gasteiger partial charge in [0.1, 0.15) is 5.75 Å². The first-order valence-corrected chi connectivity index (χ1v) is 8.41. The second-order valence-corrected chi connectivity index (χ2v) is 5.69. The molecule has 0 aliphatic rings. The zero-order valence-corrected chi connectivity index (χ0v) is 13.2. The van der Waals surface area contributed by atoms with Crippen LogP contribution in [0.4, 0.5) is 13.2 Å². The van der Waals surface area contributed by atoms with Crippen molar-refractivity contribution in [3.63, 3.8) is 0 Å². The van der Waals surface area contributed by atoms with Crippen LogP contribution in [0.2, 0.25) is 0 Å². The maximum atomic E-state index is 13.1. The van der Waals surface area contributed by atoms with Gasteiger partial charge in [-0.05, 0) is 49.1 Å². The molecule has 0 spiro atoms. The molecule has 0 atom stereocenters. The molecular formula is C15H22F3NOS. The molecule has 1 N–H and O–H groups in total. The van der Waals surface area contributed by atoms with E-state index in [-0.39, 0.29) is 5.75 Å². The van der Waals surface area contributed by atoms with Crippen molar-refractivity contribution in [1.29, 1.82) is 0 Å². The van der Waals surface area contributed by atoms with Crippen LogP contribution in [0.1, 0.15) is 30.9 Å². The molecule has 1 rings (SSSR count). The lowest BCUT2D eigenvalue weighted by atomic mass is 10.1. The Morgan fingerprint density at radius 1 is 1.29 bits per heavy atom. The maximum Gasteiger partial charge on any atom is 0.419 e. The van der Waals surface area contributed by atoms with Crippen molar-refractivity contribution in [2.45, 2.75) is 32.5 Å². The van der Waals surface area contributed by atoms with Gasteiger partial charge in [-0.1, -0.05) is 13.0 Å². The van der Waals surface area contributed by atoms with Crippen molar-refractivity contribution in [2.24, 2.45) is 0 Å². The molecule has 0 aliphatic carbocycles. The summed E-state index contributed by atoms with van der Waals surface area (Å²) in [5, 5.41) is 3.10. The van der Waals surface area contributed by atoms with Crippen LogP contribution in [0.25, 0.3) is 0 Å². The van der Waals surface area contributed by atoms with E-state index in [1.54, 1.807) is 17.8 Å². The Hall–Kier alpha value is -0.880. The molecule has 0 saturated carbocycles. The van der Waals surface area contributed by atoms with Gasteiger partial charge in [-0.3, -0.25) is 0 Å². The van der Waals surface area contributed by atoms with Crippen LogP contribution in [-0.2, 0) is 12.7 Å². The summed E-state index contributed by atoms with van der Waals surface area (Å²) in [5.41, 5.74) is -0.0744. The number of nitrogens with one attached hydrogen (secondary N) is 1. The van der Waals surface area contributed by atoms with Crippen molar-refractivity contribution >= 4 is 11.8 Å². The summed E-state index contributed by atoms with van der Waals surface area (Å²) in [5.74, 6) is 0.795. The molecule has 1 aromatic carbocycles. The molecule has 120 valence electrons. The predicted molar refractivity (Wildman–Crippen MR) is 81.9 cm³/mol. The van der Waals surface area contributed by atoms with Gasteiger partial charge in [0.2, 0.25) is 0 Å². The highest BCUT2D eigenvalue weighted by Gasteiger charge is 2.34. The normalized spacial score (nSPS) is 11.7. The number of hydrogen-bond acceptors (Lipinski definition) is 3. The first-order chi connectivity index (χ1) is 9.99. The van der Waals surface area contributed by atoms with Gasteiger partial charge in [-0.2, -0.15) is 24.9 Å². The maximum absolute atomic E-state index is 13.1. The van der Waals surface area contributed by atoms with Crippen molar-refractivity contribution in [3.8, 4) is 5.75 Å². The Kier molecular flexibility index (Phi) is 7.96. The number of alkyl halides is 3. The van der Waals surface area contributed by atoms with E-state index in [0.29, 0.717) is 18.7 Å². The van der Waals surface area contributed by atoms with E-state index >= 15 is 0 Å². The number of rotatable bonds is 9. The first-order valence-electron chi connectivity index (χ1n) is 7.01. The second-order valence-electron chi connectivity index (χ2n) is 4.70. The van der Waals surface area contributed by atoms with Gasteiger partial charge < -0.3 is 10.1 Å². The average molecular weight is 321 g/mol. The Labute approximate surface area is 128 Å². The van der Waals surface area contributed by atoms with E-state index in [9.17, 15) is 13.2 Å². The van der Waals surface area contributed by atoms with Crippen LogP contribution >= 0.6 is 11.8 Å². The third-order valence-corrected chi connectivity index (χ3v) is 3.55. The highest BCUT2D eigenvalue weighted by molar-refractivity contribution is 7.98. The minimum atomic E-state index is -4.39. The standard InChI is InChI=1S/C15H22F3NOS/c1-3-7-19-11-12-5-6-14(20-8-4-9-21-2)13(10-12)15(16,17)18/h5-6,10,19H,3-4,7-9,11H2,1-2H3. The molecule has 0 saturated heterocycles. The number of hydrogen-bond donors (Lipinski definition) is 1. The molecule has 0 bridgehead atoms. The SMILES string of the molecule is CCCNCc1ccc(OCCCSC)c(C(F)(F)F)c1. The Morgan fingerprint density at radius 2 is 2.05 bits per heavy atom. The van der Waals surface area contributed by atoms with Crippen molar-refractivity contribution in [2.75, 3.05) is 25.2 Å². The summed E-state index contributed by atoms with van der Waals surface area (Å²) in [4.78, 5) is 0. The van der Waals surface area contributed by atoms with Crippen LogP contribution in [0, 0.1) is 0 Å². The van der Waals surface area contributed by atoms with E-state index in [1.807, 2.05) is 13.2 Å². The smallest absolute Gasteiger partial charge is 0.419 e. The van der Waals surface area contributed by atoms with Crippen molar-refractivity contribution in [3.05, 3.63) is 29.3 Å². The number of benzene rings is 1. The minimum Gasteiger partial charge on any atom is -0.493 e. The van der Waals surface area contributed by atoms with Crippen LogP contribution in [0.3, 0.4) is 0 Å². The number of thioether (sulfide) groups is 1. The number of halogens is 3. The lowest BCUT2D eigenvalue weighted by molar-refractivity contribution is -0.139. The topological polar surface area (TPSA) is 21.3 Å². The van der Waals surface area contributed by atoms with E-state index in [0.717, 1.165) is 25.1 Å². The second kappa shape index (κ2) is 9.20. The zero-order valence-electron chi connectivity index (χ0n) is 12.4. The third-order valence-electron chi connectivity index (χ3n) is 2.86. The van der Waals surface area contributed by atoms with Gasteiger partial charge in [-0.15, -0.1) is 0 Å². The lowest BCUT2D eigenvalue weighted by Gasteiger charge is -2.15. The fraction of sp³-hybridized carbons (Fsp3) is 0.600. The van der Waals surface area contributed by atoms with Crippen molar-refractivity contribution in [1.82, 2.24) is 5.32 Å². The quantitative estimate of drug-likeness (QED) is 0.684. The Morgan fingerprint density at radius 3 is 2.67 bits per heavy atom. The average Bonchev–Trinajstić information content (AvgIpc) is 2.44. The summed E-state index contributed by atoms with van der Waals surface area (Å²) in [6.45, 7) is 3.54. The molecule has 0 fully saturated rings. The van der Waals surface area contributed by atoms with Crippen LogP contribution in [-0.4, -0.2) is 25.2 Å². The molecule has 0 radical (unpaired) electrons. The van der Waals surface area contributed by atoms with Crippen molar-refractivity contribution < 1.29 is 17.9 Å². The van der Waals surface area contributed by atoms with E-state index in [2.05, 4.69) is 5.32 Å².